The number of methoxy groups -OCH3 is 1. The molecule has 8 heteroatoms. The number of amides is 1. The molecule has 156 valence electrons. The summed E-state index contributed by atoms with van der Waals surface area (Å²) in [5.41, 5.74) is 15.7. The number of aryl methyl sites for hydroxylation is 1. The summed E-state index contributed by atoms with van der Waals surface area (Å²) >= 11 is 3.45. The lowest BCUT2D eigenvalue weighted by molar-refractivity contribution is -0.136. The highest BCUT2D eigenvalue weighted by molar-refractivity contribution is 9.10. The molecule has 7 nitrogen and oxygen atoms in total. The van der Waals surface area contributed by atoms with Crippen molar-refractivity contribution in [3.8, 4) is 22.7 Å². The van der Waals surface area contributed by atoms with Crippen molar-refractivity contribution >= 4 is 27.8 Å². The summed E-state index contributed by atoms with van der Waals surface area (Å²) in [5, 5.41) is 9.17. The average Bonchev–Trinajstić information content (AvgIpc) is 3.14. The maximum absolute atomic E-state index is 11.6. The first-order chi connectivity index (χ1) is 14.3. The van der Waals surface area contributed by atoms with Crippen LogP contribution in [0.5, 0.6) is 5.75 Å². The number of halogens is 1. The van der Waals surface area contributed by atoms with Gasteiger partial charge in [-0.15, -0.1) is 0 Å². The van der Waals surface area contributed by atoms with Crippen LogP contribution in [0.4, 0.5) is 0 Å². The number of benzene rings is 2. The van der Waals surface area contributed by atoms with E-state index < -0.39 is 11.9 Å². The Morgan fingerprint density at radius 2 is 1.90 bits per heavy atom. The molecule has 0 aliphatic heterocycles. The van der Waals surface area contributed by atoms with E-state index in [1.54, 1.807) is 25.3 Å². The predicted molar refractivity (Wildman–Crippen MR) is 118 cm³/mol. The third-order valence-corrected chi connectivity index (χ3v) is 5.31. The SMILES string of the molecule is COc1cc(Br)ccc1-c1ccc(CCC(=O)O)n1-c1ccc(C(N)=O)cc1CN. The molecule has 0 atom stereocenters. The Balaban J connectivity index is 2.25. The quantitative estimate of drug-likeness (QED) is 0.464. The van der Waals surface area contributed by atoms with Crippen LogP contribution >= 0.6 is 15.9 Å². The molecule has 0 fully saturated rings. The van der Waals surface area contributed by atoms with Gasteiger partial charge in [0.1, 0.15) is 5.75 Å². The van der Waals surface area contributed by atoms with E-state index in [1.807, 2.05) is 34.9 Å². The molecule has 2 aromatic carbocycles. The van der Waals surface area contributed by atoms with Gasteiger partial charge in [0.25, 0.3) is 0 Å². The highest BCUT2D eigenvalue weighted by Gasteiger charge is 2.19. The van der Waals surface area contributed by atoms with Gasteiger partial charge in [0, 0.05) is 27.8 Å². The van der Waals surface area contributed by atoms with Gasteiger partial charge in [0.05, 0.1) is 24.9 Å². The number of aliphatic carboxylic acids is 1. The summed E-state index contributed by atoms with van der Waals surface area (Å²) in [5.74, 6) is -0.755. The number of hydrogen-bond donors (Lipinski definition) is 3. The molecule has 1 amide bonds. The van der Waals surface area contributed by atoms with Gasteiger partial charge in [-0.1, -0.05) is 15.9 Å². The maximum atomic E-state index is 11.6. The molecular weight excluding hydrogens is 450 g/mol. The first-order valence-electron chi connectivity index (χ1n) is 9.25. The van der Waals surface area contributed by atoms with Gasteiger partial charge >= 0.3 is 5.97 Å². The molecule has 0 aliphatic carbocycles. The average molecular weight is 472 g/mol. The van der Waals surface area contributed by atoms with Crippen LogP contribution in [0.25, 0.3) is 16.9 Å². The number of carbonyl (C=O) groups excluding carboxylic acids is 1. The predicted octanol–water partition coefficient (Wildman–Crippen LogP) is 3.49. The van der Waals surface area contributed by atoms with E-state index in [9.17, 15) is 9.59 Å². The number of hydrogen-bond acceptors (Lipinski definition) is 4. The van der Waals surface area contributed by atoms with Gasteiger partial charge in [-0.3, -0.25) is 9.59 Å². The fourth-order valence-electron chi connectivity index (χ4n) is 3.40. The van der Waals surface area contributed by atoms with Gasteiger partial charge in [-0.2, -0.15) is 0 Å². The van der Waals surface area contributed by atoms with Crippen LogP contribution in [0.15, 0.2) is 53.0 Å². The van der Waals surface area contributed by atoms with Crippen molar-refractivity contribution in [1.29, 1.82) is 0 Å². The van der Waals surface area contributed by atoms with E-state index in [1.165, 1.54) is 0 Å². The number of carboxylic acids is 1. The van der Waals surface area contributed by atoms with Crippen LogP contribution in [-0.4, -0.2) is 28.7 Å². The summed E-state index contributed by atoms with van der Waals surface area (Å²) < 4.78 is 8.40. The van der Waals surface area contributed by atoms with Crippen molar-refractivity contribution in [2.45, 2.75) is 19.4 Å². The number of primary amides is 1. The molecule has 30 heavy (non-hydrogen) atoms. The first kappa shape index (κ1) is 21.6. The van der Waals surface area contributed by atoms with Gasteiger partial charge in [0.2, 0.25) is 5.91 Å². The Kier molecular flexibility index (Phi) is 6.59. The largest absolute Gasteiger partial charge is 0.496 e. The smallest absolute Gasteiger partial charge is 0.303 e. The van der Waals surface area contributed by atoms with Gasteiger partial charge in [-0.25, -0.2) is 0 Å². The Hall–Kier alpha value is -3.10. The van der Waals surface area contributed by atoms with Crippen molar-refractivity contribution in [2.75, 3.05) is 7.11 Å². The highest BCUT2D eigenvalue weighted by Crippen LogP contribution is 2.36. The number of rotatable bonds is 8. The molecule has 0 spiro atoms. The number of ether oxygens (including phenoxy) is 1. The molecule has 0 saturated carbocycles. The lowest BCUT2D eigenvalue weighted by atomic mass is 10.1. The Morgan fingerprint density at radius 3 is 2.53 bits per heavy atom. The summed E-state index contributed by atoms with van der Waals surface area (Å²) in [6.07, 6.45) is 0.314. The summed E-state index contributed by atoms with van der Waals surface area (Å²) in [4.78, 5) is 22.8. The molecule has 5 N–H and O–H groups in total. The van der Waals surface area contributed by atoms with E-state index in [2.05, 4.69) is 15.9 Å². The van der Waals surface area contributed by atoms with Crippen LogP contribution < -0.4 is 16.2 Å². The number of carboxylic acid groups (broad SMARTS) is 1. The molecule has 0 radical (unpaired) electrons. The summed E-state index contributed by atoms with van der Waals surface area (Å²) in [6, 6.07) is 14.6. The van der Waals surface area contributed by atoms with Gasteiger partial charge < -0.3 is 25.9 Å². The molecular formula is C22H22BrN3O4. The topological polar surface area (TPSA) is 121 Å². The number of carbonyl (C=O) groups is 2. The fourth-order valence-corrected chi connectivity index (χ4v) is 3.74. The molecule has 0 aliphatic rings. The Labute approximate surface area is 182 Å². The van der Waals surface area contributed by atoms with Crippen LogP contribution in [0.1, 0.15) is 28.0 Å². The third-order valence-electron chi connectivity index (χ3n) is 4.82. The van der Waals surface area contributed by atoms with E-state index in [0.29, 0.717) is 17.7 Å². The minimum atomic E-state index is -0.881. The van der Waals surface area contributed by atoms with Crippen molar-refractivity contribution in [2.24, 2.45) is 11.5 Å². The van der Waals surface area contributed by atoms with Crippen molar-refractivity contribution < 1.29 is 19.4 Å². The lowest BCUT2D eigenvalue weighted by Crippen LogP contribution is -2.14. The van der Waals surface area contributed by atoms with Crippen LogP contribution in [0.3, 0.4) is 0 Å². The summed E-state index contributed by atoms with van der Waals surface area (Å²) in [7, 11) is 1.59. The molecule has 0 saturated heterocycles. The minimum absolute atomic E-state index is 0.0156. The standard InChI is InChI=1S/C22H22BrN3O4/c1-30-20-11-15(23)3-6-17(20)19-8-4-16(5-9-21(27)28)26(19)18-7-2-13(22(25)29)10-14(18)12-24/h2-4,6-8,10-11H,5,9,12,24H2,1H3,(H2,25,29)(H,27,28). The van der Waals surface area contributed by atoms with Crippen molar-refractivity contribution in [1.82, 2.24) is 4.57 Å². The maximum Gasteiger partial charge on any atom is 0.303 e. The van der Waals surface area contributed by atoms with E-state index in [-0.39, 0.29) is 13.0 Å². The minimum Gasteiger partial charge on any atom is -0.496 e. The summed E-state index contributed by atoms with van der Waals surface area (Å²) in [6.45, 7) is 0.184. The number of aromatic nitrogens is 1. The zero-order valence-electron chi connectivity index (χ0n) is 16.4. The van der Waals surface area contributed by atoms with Crippen molar-refractivity contribution in [3.63, 3.8) is 0 Å². The third kappa shape index (κ3) is 4.39. The second kappa shape index (κ2) is 9.15. The molecule has 0 unspecified atom stereocenters. The Morgan fingerprint density at radius 1 is 1.13 bits per heavy atom. The van der Waals surface area contributed by atoms with Crippen LogP contribution in [0, 0.1) is 0 Å². The second-order valence-corrected chi connectivity index (χ2v) is 7.61. The van der Waals surface area contributed by atoms with Gasteiger partial charge in [-0.05, 0) is 60.5 Å². The monoisotopic (exact) mass is 471 g/mol. The molecule has 3 aromatic rings. The normalized spacial score (nSPS) is 10.8. The van der Waals surface area contributed by atoms with Gasteiger partial charge in [0.15, 0.2) is 0 Å². The molecule has 3 rings (SSSR count). The second-order valence-electron chi connectivity index (χ2n) is 6.70. The lowest BCUT2D eigenvalue weighted by Gasteiger charge is -2.19. The zero-order valence-corrected chi connectivity index (χ0v) is 18.0. The fraction of sp³-hybridized carbons (Fsp3) is 0.182. The Bertz CT molecular complexity index is 1110. The van der Waals surface area contributed by atoms with E-state index in [0.717, 1.165) is 32.7 Å². The van der Waals surface area contributed by atoms with Crippen LogP contribution in [-0.2, 0) is 17.8 Å². The van der Waals surface area contributed by atoms with E-state index >= 15 is 0 Å². The zero-order chi connectivity index (χ0) is 21.8. The molecule has 1 aromatic heterocycles. The highest BCUT2D eigenvalue weighted by atomic mass is 79.9. The van der Waals surface area contributed by atoms with Crippen molar-refractivity contribution in [3.05, 3.63) is 69.8 Å². The van der Waals surface area contributed by atoms with E-state index in [4.69, 9.17) is 21.3 Å². The van der Waals surface area contributed by atoms with Crippen LogP contribution in [0.2, 0.25) is 0 Å². The molecule has 1 heterocycles. The first-order valence-corrected chi connectivity index (χ1v) is 10.0. The number of nitrogens with zero attached hydrogens (tertiary/aromatic N) is 1. The molecule has 0 bridgehead atoms. The number of nitrogens with two attached hydrogens (primary N) is 2.